The number of aromatic nitrogens is 2. The molecule has 0 fully saturated rings. The highest BCUT2D eigenvalue weighted by Gasteiger charge is 2.09. The second-order valence-corrected chi connectivity index (χ2v) is 6.33. The smallest absolute Gasteiger partial charge is 0.175 e. The first-order valence-corrected chi connectivity index (χ1v) is 7.79. The number of H-pyrrole nitrogens is 1. The minimum atomic E-state index is -3.17. The van der Waals surface area contributed by atoms with Crippen LogP contribution in [0.25, 0.3) is 11.0 Å². The zero-order chi connectivity index (χ0) is 13.2. The van der Waals surface area contributed by atoms with Crippen molar-refractivity contribution in [3.8, 4) is 0 Å². The molecule has 0 amide bonds. The lowest BCUT2D eigenvalue weighted by Crippen LogP contribution is -2.14. The molecule has 1 heterocycles. The SMILES string of the molecule is CCCNCc1nc2ccc(S(C)(=O)=O)cc2[nH]1. The Hall–Kier alpha value is -1.40. The van der Waals surface area contributed by atoms with Crippen molar-refractivity contribution >= 4 is 20.9 Å². The molecule has 2 N–H and O–H groups in total. The molecule has 0 saturated heterocycles. The average Bonchev–Trinajstić information content (AvgIpc) is 2.69. The molecule has 5 nitrogen and oxygen atoms in total. The van der Waals surface area contributed by atoms with E-state index in [2.05, 4.69) is 22.2 Å². The maximum absolute atomic E-state index is 11.4. The molecule has 0 aliphatic carbocycles. The maximum Gasteiger partial charge on any atom is 0.175 e. The lowest BCUT2D eigenvalue weighted by atomic mass is 10.3. The van der Waals surface area contributed by atoms with E-state index in [0.29, 0.717) is 11.4 Å². The predicted octanol–water partition coefficient (Wildman–Crippen LogP) is 1.47. The average molecular weight is 267 g/mol. The van der Waals surface area contributed by atoms with Gasteiger partial charge in [0.25, 0.3) is 0 Å². The van der Waals surface area contributed by atoms with Gasteiger partial charge in [-0.05, 0) is 31.2 Å². The van der Waals surface area contributed by atoms with Crippen molar-refractivity contribution in [2.75, 3.05) is 12.8 Å². The van der Waals surface area contributed by atoms with Gasteiger partial charge in [0.15, 0.2) is 9.84 Å². The van der Waals surface area contributed by atoms with E-state index in [1.165, 1.54) is 6.26 Å². The number of sulfone groups is 1. The van der Waals surface area contributed by atoms with E-state index in [-0.39, 0.29) is 0 Å². The number of benzene rings is 1. The number of rotatable bonds is 5. The molecule has 98 valence electrons. The summed E-state index contributed by atoms with van der Waals surface area (Å²) in [4.78, 5) is 7.84. The first-order chi connectivity index (χ1) is 8.50. The van der Waals surface area contributed by atoms with Crippen LogP contribution in [0.4, 0.5) is 0 Å². The van der Waals surface area contributed by atoms with E-state index in [1.807, 2.05) is 0 Å². The Balaban J connectivity index is 2.28. The fourth-order valence-corrected chi connectivity index (χ4v) is 2.39. The monoisotopic (exact) mass is 267 g/mol. The number of nitrogens with zero attached hydrogens (tertiary/aromatic N) is 1. The van der Waals surface area contributed by atoms with Crippen molar-refractivity contribution in [2.45, 2.75) is 24.8 Å². The Morgan fingerprint density at radius 1 is 1.39 bits per heavy atom. The molecule has 0 spiro atoms. The highest BCUT2D eigenvalue weighted by atomic mass is 32.2. The van der Waals surface area contributed by atoms with Crippen LogP contribution in [-0.2, 0) is 16.4 Å². The lowest BCUT2D eigenvalue weighted by Gasteiger charge is -1.97. The number of aromatic amines is 1. The Labute approximate surface area is 107 Å². The molecule has 2 rings (SSSR count). The summed E-state index contributed by atoms with van der Waals surface area (Å²) >= 11 is 0. The van der Waals surface area contributed by atoms with Crippen LogP contribution in [0.2, 0.25) is 0 Å². The summed E-state index contributed by atoms with van der Waals surface area (Å²) in [6, 6.07) is 4.94. The topological polar surface area (TPSA) is 74.8 Å². The quantitative estimate of drug-likeness (QED) is 0.804. The van der Waals surface area contributed by atoms with Gasteiger partial charge in [-0.2, -0.15) is 0 Å². The van der Waals surface area contributed by atoms with Crippen LogP contribution in [0.15, 0.2) is 23.1 Å². The molecule has 6 heteroatoms. The first-order valence-electron chi connectivity index (χ1n) is 5.90. The molecule has 18 heavy (non-hydrogen) atoms. The number of hydrogen-bond acceptors (Lipinski definition) is 4. The van der Waals surface area contributed by atoms with E-state index >= 15 is 0 Å². The van der Waals surface area contributed by atoms with Crippen molar-refractivity contribution in [3.63, 3.8) is 0 Å². The third-order valence-electron chi connectivity index (χ3n) is 2.65. The van der Waals surface area contributed by atoms with Crippen molar-refractivity contribution in [2.24, 2.45) is 0 Å². The van der Waals surface area contributed by atoms with Gasteiger partial charge in [0, 0.05) is 6.26 Å². The van der Waals surface area contributed by atoms with Gasteiger partial charge in [0.1, 0.15) is 5.82 Å². The van der Waals surface area contributed by atoms with Gasteiger partial charge in [-0.1, -0.05) is 6.92 Å². The Bertz CT molecular complexity index is 646. The van der Waals surface area contributed by atoms with Crippen LogP contribution in [0.3, 0.4) is 0 Å². The normalized spacial score (nSPS) is 12.1. The highest BCUT2D eigenvalue weighted by Crippen LogP contribution is 2.17. The van der Waals surface area contributed by atoms with E-state index < -0.39 is 9.84 Å². The zero-order valence-electron chi connectivity index (χ0n) is 10.5. The van der Waals surface area contributed by atoms with Gasteiger partial charge >= 0.3 is 0 Å². The summed E-state index contributed by atoms with van der Waals surface area (Å²) in [7, 11) is -3.17. The number of imidazole rings is 1. The molecule has 2 aromatic rings. The Kier molecular flexibility index (Phi) is 3.68. The molecule has 0 bridgehead atoms. The lowest BCUT2D eigenvalue weighted by molar-refractivity contribution is 0.602. The van der Waals surface area contributed by atoms with Crippen LogP contribution in [-0.4, -0.2) is 31.2 Å². The first kappa shape index (κ1) is 13.0. The van der Waals surface area contributed by atoms with Crippen LogP contribution in [0, 0.1) is 0 Å². The van der Waals surface area contributed by atoms with Gasteiger partial charge in [-0.3, -0.25) is 0 Å². The van der Waals surface area contributed by atoms with Crippen molar-refractivity contribution in [1.29, 1.82) is 0 Å². The molecule has 0 radical (unpaired) electrons. The molecular formula is C12H17N3O2S. The third-order valence-corrected chi connectivity index (χ3v) is 3.76. The summed E-state index contributed by atoms with van der Waals surface area (Å²) in [5, 5.41) is 3.25. The number of hydrogen-bond donors (Lipinski definition) is 2. The molecule has 0 aliphatic heterocycles. The van der Waals surface area contributed by atoms with Crippen molar-refractivity contribution in [1.82, 2.24) is 15.3 Å². The fraction of sp³-hybridized carbons (Fsp3) is 0.417. The second kappa shape index (κ2) is 5.07. The standard InChI is InChI=1S/C12H17N3O2S/c1-3-6-13-8-12-14-10-5-4-9(18(2,16)17)7-11(10)15-12/h4-5,7,13H,3,6,8H2,1-2H3,(H,14,15). The summed E-state index contributed by atoms with van der Waals surface area (Å²) in [6.45, 7) is 3.70. The zero-order valence-corrected chi connectivity index (χ0v) is 11.3. The molecule has 1 aromatic carbocycles. The van der Waals surface area contributed by atoms with Crippen LogP contribution < -0.4 is 5.32 Å². The van der Waals surface area contributed by atoms with Gasteiger partial charge in [-0.15, -0.1) is 0 Å². The summed E-state index contributed by atoms with van der Waals surface area (Å²) in [5.41, 5.74) is 1.54. The minimum absolute atomic E-state index is 0.312. The Morgan fingerprint density at radius 3 is 2.83 bits per heavy atom. The van der Waals surface area contributed by atoms with Gasteiger partial charge in [-0.25, -0.2) is 13.4 Å². The predicted molar refractivity (Wildman–Crippen MR) is 71.2 cm³/mol. The van der Waals surface area contributed by atoms with Crippen molar-refractivity contribution in [3.05, 3.63) is 24.0 Å². The highest BCUT2D eigenvalue weighted by molar-refractivity contribution is 7.90. The second-order valence-electron chi connectivity index (χ2n) is 4.31. The molecule has 1 aromatic heterocycles. The number of nitrogens with one attached hydrogen (secondary N) is 2. The third kappa shape index (κ3) is 2.88. The molecule has 0 aliphatic rings. The summed E-state index contributed by atoms with van der Waals surface area (Å²) in [5.74, 6) is 0.823. The van der Waals surface area contributed by atoms with E-state index in [9.17, 15) is 8.42 Å². The Morgan fingerprint density at radius 2 is 2.17 bits per heavy atom. The van der Waals surface area contributed by atoms with Crippen LogP contribution >= 0.6 is 0 Å². The fourth-order valence-electron chi connectivity index (χ4n) is 1.74. The largest absolute Gasteiger partial charge is 0.341 e. The van der Waals surface area contributed by atoms with Gasteiger partial charge in [0.05, 0.1) is 22.5 Å². The maximum atomic E-state index is 11.4. The molecule has 0 saturated carbocycles. The van der Waals surface area contributed by atoms with E-state index in [1.54, 1.807) is 18.2 Å². The molecule has 0 atom stereocenters. The minimum Gasteiger partial charge on any atom is -0.341 e. The van der Waals surface area contributed by atoms with E-state index in [0.717, 1.165) is 29.8 Å². The summed E-state index contributed by atoms with van der Waals surface area (Å²) in [6.07, 6.45) is 2.27. The van der Waals surface area contributed by atoms with Gasteiger partial charge in [0.2, 0.25) is 0 Å². The van der Waals surface area contributed by atoms with Crippen LogP contribution in [0.5, 0.6) is 0 Å². The summed E-state index contributed by atoms with van der Waals surface area (Å²) < 4.78 is 22.9. The molecule has 0 unspecified atom stereocenters. The van der Waals surface area contributed by atoms with E-state index in [4.69, 9.17) is 0 Å². The number of fused-ring (bicyclic) bond motifs is 1. The van der Waals surface area contributed by atoms with Gasteiger partial charge < -0.3 is 10.3 Å². The van der Waals surface area contributed by atoms with Crippen molar-refractivity contribution < 1.29 is 8.42 Å². The van der Waals surface area contributed by atoms with Crippen LogP contribution in [0.1, 0.15) is 19.2 Å². The molecular weight excluding hydrogens is 250 g/mol.